The van der Waals surface area contributed by atoms with Crippen LogP contribution in [-0.2, 0) is 0 Å². The summed E-state index contributed by atoms with van der Waals surface area (Å²) >= 11 is 0. The van der Waals surface area contributed by atoms with Crippen molar-refractivity contribution in [2.75, 3.05) is 5.32 Å². The van der Waals surface area contributed by atoms with Gasteiger partial charge in [-0.3, -0.25) is 0 Å². The van der Waals surface area contributed by atoms with Gasteiger partial charge in [-0.25, -0.2) is 0 Å². The molecular weight excluding hydrogens is 206 g/mol. The molecule has 0 aliphatic carbocycles. The van der Waals surface area contributed by atoms with Gasteiger partial charge >= 0.3 is 0 Å². The predicted molar refractivity (Wildman–Crippen MR) is 80.3 cm³/mol. The topological polar surface area (TPSA) is 12.0 Å². The van der Waals surface area contributed by atoms with Gasteiger partial charge in [0.1, 0.15) is 0 Å². The molecule has 0 unspecified atom stereocenters. The van der Waals surface area contributed by atoms with Crippen molar-refractivity contribution in [1.29, 1.82) is 0 Å². The molecule has 0 heterocycles. The molecule has 0 spiro atoms. The molecule has 0 saturated heterocycles. The summed E-state index contributed by atoms with van der Waals surface area (Å²) in [7, 11) is 0. The number of anilines is 1. The molecule has 0 aliphatic rings. The lowest BCUT2D eigenvalue weighted by Gasteiger charge is -2.10. The molecule has 1 heteroatoms. The van der Waals surface area contributed by atoms with Crippen LogP contribution in [0, 0.1) is 0 Å². The Morgan fingerprint density at radius 1 is 1.18 bits per heavy atom. The molecule has 17 heavy (non-hydrogen) atoms. The summed E-state index contributed by atoms with van der Waals surface area (Å²) in [6.07, 6.45) is 3.95. The fourth-order valence-corrected chi connectivity index (χ4v) is 1.49. The molecule has 0 aromatic heterocycles. The summed E-state index contributed by atoms with van der Waals surface area (Å²) in [5, 5.41) is 3.36. The largest absolute Gasteiger partial charge is 0.383 e. The second-order valence-corrected chi connectivity index (χ2v) is 3.82. The van der Waals surface area contributed by atoms with Crippen LogP contribution in [0.5, 0.6) is 0 Å². The van der Waals surface area contributed by atoms with Gasteiger partial charge in [0.25, 0.3) is 0 Å². The zero-order chi connectivity index (χ0) is 13.3. The Balaban J connectivity index is 0.00000121. The molecule has 0 fully saturated rings. The molecule has 0 bridgehead atoms. The molecule has 0 saturated carbocycles. The number of rotatable bonds is 4. The van der Waals surface area contributed by atoms with E-state index in [2.05, 4.69) is 69.2 Å². The monoisotopic (exact) mass is 229 g/mol. The van der Waals surface area contributed by atoms with Crippen LogP contribution in [-0.4, -0.2) is 6.04 Å². The molecule has 0 aliphatic heterocycles. The smallest absolute Gasteiger partial charge is 0.0342 e. The number of benzene rings is 1. The highest BCUT2D eigenvalue weighted by Gasteiger charge is 1.97. The number of hydrogen-bond acceptors (Lipinski definition) is 1. The first-order valence-electron chi connectivity index (χ1n) is 5.83. The van der Waals surface area contributed by atoms with Crippen LogP contribution in [0.4, 0.5) is 5.69 Å². The van der Waals surface area contributed by atoms with Crippen LogP contribution in [0.3, 0.4) is 0 Å². The SMILES string of the molecule is C=C.C=C/C(=C\C)c1ccc(NC(C)C)cc1. The molecule has 1 nitrogen and oxygen atoms in total. The van der Waals surface area contributed by atoms with Crippen molar-refractivity contribution >= 4 is 11.3 Å². The highest BCUT2D eigenvalue weighted by atomic mass is 14.9. The van der Waals surface area contributed by atoms with Crippen LogP contribution >= 0.6 is 0 Å². The highest BCUT2D eigenvalue weighted by molar-refractivity contribution is 5.74. The zero-order valence-corrected chi connectivity index (χ0v) is 11.2. The fourth-order valence-electron chi connectivity index (χ4n) is 1.49. The van der Waals surface area contributed by atoms with Crippen molar-refractivity contribution in [3.63, 3.8) is 0 Å². The van der Waals surface area contributed by atoms with Crippen molar-refractivity contribution in [2.45, 2.75) is 26.8 Å². The quantitative estimate of drug-likeness (QED) is 0.572. The van der Waals surface area contributed by atoms with Crippen molar-refractivity contribution in [3.05, 3.63) is 61.7 Å². The van der Waals surface area contributed by atoms with Gasteiger partial charge in [0, 0.05) is 11.7 Å². The lowest BCUT2D eigenvalue weighted by molar-refractivity contribution is 0.900. The van der Waals surface area contributed by atoms with Gasteiger partial charge in [0.15, 0.2) is 0 Å². The zero-order valence-electron chi connectivity index (χ0n) is 11.2. The average Bonchev–Trinajstić information content (AvgIpc) is 2.35. The Kier molecular flexibility index (Phi) is 7.53. The Morgan fingerprint density at radius 3 is 2.06 bits per heavy atom. The predicted octanol–water partition coefficient (Wildman–Crippen LogP) is 4.90. The van der Waals surface area contributed by atoms with Gasteiger partial charge in [0.05, 0.1) is 0 Å². The van der Waals surface area contributed by atoms with Gasteiger partial charge in [-0.2, -0.15) is 0 Å². The van der Waals surface area contributed by atoms with Crippen LogP contribution in [0.15, 0.2) is 56.2 Å². The van der Waals surface area contributed by atoms with Crippen LogP contribution in [0.2, 0.25) is 0 Å². The summed E-state index contributed by atoms with van der Waals surface area (Å²) in [5.41, 5.74) is 3.54. The molecule has 1 N–H and O–H groups in total. The molecular formula is C16H23N. The summed E-state index contributed by atoms with van der Waals surface area (Å²) in [6.45, 7) is 16.1. The maximum atomic E-state index is 3.80. The second kappa shape index (κ2) is 8.40. The maximum Gasteiger partial charge on any atom is 0.0342 e. The van der Waals surface area contributed by atoms with E-state index in [1.54, 1.807) is 0 Å². The van der Waals surface area contributed by atoms with Gasteiger partial charge in [-0.05, 0) is 44.0 Å². The Bertz CT molecular complexity index is 358. The summed E-state index contributed by atoms with van der Waals surface area (Å²) < 4.78 is 0. The van der Waals surface area contributed by atoms with Crippen LogP contribution in [0.1, 0.15) is 26.3 Å². The lowest BCUT2D eigenvalue weighted by atomic mass is 10.1. The number of hydrogen-bond donors (Lipinski definition) is 1. The van der Waals surface area contributed by atoms with Gasteiger partial charge in [0.2, 0.25) is 0 Å². The Labute approximate surface area is 106 Å². The average molecular weight is 229 g/mol. The first-order valence-corrected chi connectivity index (χ1v) is 5.83. The Hall–Kier alpha value is -1.76. The van der Waals surface area contributed by atoms with E-state index in [1.165, 1.54) is 11.1 Å². The van der Waals surface area contributed by atoms with E-state index in [-0.39, 0.29) is 0 Å². The third kappa shape index (κ3) is 5.21. The summed E-state index contributed by atoms with van der Waals surface area (Å²) in [6, 6.07) is 8.89. The van der Waals surface area contributed by atoms with Crippen LogP contribution < -0.4 is 5.32 Å². The normalized spacial score (nSPS) is 10.5. The Morgan fingerprint density at radius 2 is 1.71 bits per heavy atom. The fraction of sp³-hybridized carbons (Fsp3) is 0.250. The molecule has 1 rings (SSSR count). The van der Waals surface area contributed by atoms with Crippen molar-refractivity contribution in [2.24, 2.45) is 0 Å². The van der Waals surface area contributed by atoms with Crippen molar-refractivity contribution in [1.82, 2.24) is 0 Å². The number of nitrogens with one attached hydrogen (secondary N) is 1. The van der Waals surface area contributed by atoms with Gasteiger partial charge < -0.3 is 5.32 Å². The van der Waals surface area contributed by atoms with E-state index in [9.17, 15) is 0 Å². The minimum Gasteiger partial charge on any atom is -0.383 e. The molecule has 92 valence electrons. The van der Waals surface area contributed by atoms with Crippen molar-refractivity contribution < 1.29 is 0 Å². The molecule has 1 aromatic rings. The summed E-state index contributed by atoms with van der Waals surface area (Å²) in [5.74, 6) is 0. The first kappa shape index (κ1) is 15.2. The minimum atomic E-state index is 0.469. The number of allylic oxidation sites excluding steroid dienone is 3. The third-order valence-electron chi connectivity index (χ3n) is 2.20. The molecule has 1 aromatic carbocycles. The second-order valence-electron chi connectivity index (χ2n) is 3.82. The van der Waals surface area contributed by atoms with Crippen LogP contribution in [0.25, 0.3) is 5.57 Å². The maximum absolute atomic E-state index is 3.80. The van der Waals surface area contributed by atoms with E-state index in [1.807, 2.05) is 13.0 Å². The van der Waals surface area contributed by atoms with Gasteiger partial charge in [-0.15, -0.1) is 13.2 Å². The first-order chi connectivity index (χ1) is 8.17. The summed E-state index contributed by atoms with van der Waals surface area (Å²) in [4.78, 5) is 0. The van der Waals surface area contributed by atoms with E-state index in [0.717, 1.165) is 5.69 Å². The molecule has 0 amide bonds. The van der Waals surface area contributed by atoms with E-state index in [0.29, 0.717) is 6.04 Å². The van der Waals surface area contributed by atoms with Gasteiger partial charge in [-0.1, -0.05) is 30.9 Å². The van der Waals surface area contributed by atoms with E-state index >= 15 is 0 Å². The van der Waals surface area contributed by atoms with E-state index < -0.39 is 0 Å². The standard InChI is InChI=1S/C14H19N.C2H4/c1-5-12(6-2)13-7-9-14(10-8-13)15-11(3)4;1-2/h5-11,15H,1H2,2-4H3;1-2H2/b12-6+;. The van der Waals surface area contributed by atoms with Crippen molar-refractivity contribution in [3.8, 4) is 0 Å². The highest BCUT2D eigenvalue weighted by Crippen LogP contribution is 2.18. The van der Waals surface area contributed by atoms with E-state index in [4.69, 9.17) is 0 Å². The minimum absolute atomic E-state index is 0.469. The molecule has 0 atom stereocenters. The third-order valence-corrected chi connectivity index (χ3v) is 2.20. The lowest BCUT2D eigenvalue weighted by Crippen LogP contribution is -2.09. The molecule has 0 radical (unpaired) electrons.